The summed E-state index contributed by atoms with van der Waals surface area (Å²) in [4.78, 5) is 30.9. The Hall–Kier alpha value is -2.59. The first-order valence-corrected chi connectivity index (χ1v) is 8.33. The summed E-state index contributed by atoms with van der Waals surface area (Å²) >= 11 is 2.95. The van der Waals surface area contributed by atoms with Crippen LogP contribution in [0.5, 0.6) is 0 Å². The lowest BCUT2D eigenvalue weighted by Gasteiger charge is -2.01. The van der Waals surface area contributed by atoms with Gasteiger partial charge in [-0.3, -0.25) is 4.79 Å². The van der Waals surface area contributed by atoms with Crippen LogP contribution in [0.3, 0.4) is 0 Å². The Labute approximate surface area is 138 Å². The highest BCUT2D eigenvalue weighted by molar-refractivity contribution is 7.16. The third kappa shape index (κ3) is 3.79. The van der Waals surface area contributed by atoms with Gasteiger partial charge in [0, 0.05) is 18.3 Å². The summed E-state index contributed by atoms with van der Waals surface area (Å²) in [7, 11) is 0. The zero-order valence-electron chi connectivity index (χ0n) is 11.7. The van der Waals surface area contributed by atoms with Gasteiger partial charge in [-0.25, -0.2) is 4.98 Å². The molecule has 0 fully saturated rings. The second-order valence-electron chi connectivity index (χ2n) is 4.54. The van der Waals surface area contributed by atoms with E-state index < -0.39 is 4.92 Å². The topological polar surface area (TPSA) is 103 Å². The minimum atomic E-state index is -0.571. The zero-order chi connectivity index (χ0) is 16.2. The summed E-state index contributed by atoms with van der Waals surface area (Å²) in [5.41, 5.74) is 0.838. The van der Waals surface area contributed by atoms with E-state index >= 15 is 0 Å². The van der Waals surface area contributed by atoms with Gasteiger partial charge in [-0.2, -0.15) is 0 Å². The monoisotopic (exact) mass is 349 g/mol. The van der Waals surface area contributed by atoms with Gasteiger partial charge >= 0.3 is 5.82 Å². The van der Waals surface area contributed by atoms with E-state index in [2.05, 4.69) is 15.3 Å². The van der Waals surface area contributed by atoms with Crippen LogP contribution in [0.25, 0.3) is 10.6 Å². The molecule has 8 nitrogen and oxygen atoms in total. The van der Waals surface area contributed by atoms with E-state index in [1.807, 2.05) is 22.9 Å². The van der Waals surface area contributed by atoms with Crippen molar-refractivity contribution < 1.29 is 9.72 Å². The van der Waals surface area contributed by atoms with E-state index in [0.29, 0.717) is 11.7 Å². The molecular weight excluding hydrogens is 338 g/mol. The number of carbonyl (C=O) groups excluding carboxylic acids is 1. The maximum Gasteiger partial charge on any atom is 0.381 e. The normalized spacial score (nSPS) is 10.6. The third-order valence-corrected chi connectivity index (χ3v) is 4.58. The van der Waals surface area contributed by atoms with Gasteiger partial charge in [0.25, 0.3) is 0 Å². The summed E-state index contributed by atoms with van der Waals surface area (Å²) in [5, 5.41) is 17.7. The van der Waals surface area contributed by atoms with Crippen molar-refractivity contribution in [1.29, 1.82) is 0 Å². The number of hydrogen-bond donors (Lipinski definition) is 1. The molecule has 0 saturated carbocycles. The molecule has 10 heteroatoms. The molecule has 3 aromatic heterocycles. The number of aromatic nitrogens is 3. The van der Waals surface area contributed by atoms with E-state index in [-0.39, 0.29) is 18.1 Å². The van der Waals surface area contributed by atoms with E-state index in [1.54, 1.807) is 11.3 Å². The molecule has 0 aromatic carbocycles. The largest absolute Gasteiger partial charge is 0.381 e. The molecule has 1 amide bonds. The van der Waals surface area contributed by atoms with Crippen molar-refractivity contribution in [1.82, 2.24) is 14.5 Å². The molecule has 0 saturated heterocycles. The van der Waals surface area contributed by atoms with E-state index in [0.717, 1.165) is 10.6 Å². The van der Waals surface area contributed by atoms with Crippen LogP contribution >= 0.6 is 22.7 Å². The van der Waals surface area contributed by atoms with Crippen LogP contribution in [0.1, 0.15) is 6.42 Å². The fourth-order valence-corrected chi connectivity index (χ4v) is 3.33. The van der Waals surface area contributed by atoms with Crippen LogP contribution in [0, 0.1) is 10.1 Å². The van der Waals surface area contributed by atoms with Gasteiger partial charge in [0.1, 0.15) is 6.20 Å². The lowest BCUT2D eigenvalue weighted by molar-refractivity contribution is -0.389. The van der Waals surface area contributed by atoms with Gasteiger partial charge in [0.15, 0.2) is 5.13 Å². The molecule has 3 rings (SSSR count). The lowest BCUT2D eigenvalue weighted by atomic mass is 10.4. The van der Waals surface area contributed by atoms with Crippen LogP contribution in [-0.2, 0) is 11.3 Å². The number of hydrogen-bond acceptors (Lipinski definition) is 7. The molecule has 0 aliphatic carbocycles. The molecule has 23 heavy (non-hydrogen) atoms. The van der Waals surface area contributed by atoms with Crippen LogP contribution in [-0.4, -0.2) is 25.4 Å². The standard InChI is InChI=1S/C13H11N5O3S2/c19-12(3-4-17-6-11(14-8-17)18(20)21)16-13-15-9(7-23-13)10-2-1-5-22-10/h1-2,5-8H,3-4H2,(H,15,16,19). The maximum absolute atomic E-state index is 11.9. The molecule has 0 aliphatic rings. The van der Waals surface area contributed by atoms with Gasteiger partial charge < -0.3 is 20.0 Å². The summed E-state index contributed by atoms with van der Waals surface area (Å²) in [5.74, 6) is -0.431. The Bertz CT molecular complexity index is 824. The number of anilines is 1. The predicted octanol–water partition coefficient (Wildman–Crippen LogP) is 3.01. The molecule has 3 heterocycles. The number of thiazole rings is 1. The van der Waals surface area contributed by atoms with Crippen molar-refractivity contribution in [3.63, 3.8) is 0 Å². The van der Waals surface area contributed by atoms with Gasteiger partial charge in [-0.15, -0.1) is 22.7 Å². The number of thiophene rings is 1. The zero-order valence-corrected chi connectivity index (χ0v) is 13.3. The average molecular weight is 349 g/mol. The Morgan fingerprint density at radius 3 is 3.00 bits per heavy atom. The van der Waals surface area contributed by atoms with Gasteiger partial charge in [0.05, 0.1) is 10.6 Å². The summed E-state index contributed by atoms with van der Waals surface area (Å²) in [6, 6.07) is 3.92. The molecule has 118 valence electrons. The minimum Gasteiger partial charge on any atom is -0.358 e. The quantitative estimate of drug-likeness (QED) is 0.544. The second kappa shape index (κ2) is 6.67. The van der Waals surface area contributed by atoms with Gasteiger partial charge in [0.2, 0.25) is 12.2 Å². The summed E-state index contributed by atoms with van der Waals surface area (Å²) in [6.07, 6.45) is 2.82. The van der Waals surface area contributed by atoms with Crippen molar-refractivity contribution in [2.45, 2.75) is 13.0 Å². The fourth-order valence-electron chi connectivity index (χ4n) is 1.85. The first-order valence-electron chi connectivity index (χ1n) is 6.57. The Morgan fingerprint density at radius 2 is 2.30 bits per heavy atom. The van der Waals surface area contributed by atoms with Crippen molar-refractivity contribution >= 4 is 39.5 Å². The molecule has 3 aromatic rings. The number of amides is 1. The van der Waals surface area contributed by atoms with Crippen LogP contribution in [0.2, 0.25) is 0 Å². The number of rotatable bonds is 6. The smallest absolute Gasteiger partial charge is 0.358 e. The van der Waals surface area contributed by atoms with Gasteiger partial charge in [-0.1, -0.05) is 6.07 Å². The van der Waals surface area contributed by atoms with Crippen LogP contribution in [0.15, 0.2) is 35.4 Å². The molecule has 0 spiro atoms. The molecule has 0 bridgehead atoms. The van der Waals surface area contributed by atoms with E-state index in [4.69, 9.17) is 0 Å². The molecule has 0 atom stereocenters. The molecule has 1 N–H and O–H groups in total. The third-order valence-electron chi connectivity index (χ3n) is 2.93. The van der Waals surface area contributed by atoms with Crippen molar-refractivity contribution in [2.75, 3.05) is 5.32 Å². The van der Waals surface area contributed by atoms with Crippen molar-refractivity contribution in [3.05, 3.63) is 45.5 Å². The molecule has 0 unspecified atom stereocenters. The minimum absolute atomic E-state index is 0.182. The predicted molar refractivity (Wildman–Crippen MR) is 87.6 cm³/mol. The SMILES string of the molecule is O=C(CCn1cnc([N+](=O)[O-])c1)Nc1nc(-c2cccs2)cs1. The molecule has 0 radical (unpaired) electrons. The second-order valence-corrected chi connectivity index (χ2v) is 6.35. The van der Waals surface area contributed by atoms with Gasteiger partial charge in [-0.05, 0) is 21.4 Å². The first kappa shape index (κ1) is 15.3. The Morgan fingerprint density at radius 1 is 1.43 bits per heavy atom. The first-order chi connectivity index (χ1) is 11.1. The summed E-state index contributed by atoms with van der Waals surface area (Å²) in [6.45, 7) is 0.315. The number of aryl methyl sites for hydroxylation is 1. The van der Waals surface area contributed by atoms with E-state index in [9.17, 15) is 14.9 Å². The fraction of sp³-hybridized carbons (Fsp3) is 0.154. The van der Waals surface area contributed by atoms with Crippen molar-refractivity contribution in [3.8, 4) is 10.6 Å². The van der Waals surface area contributed by atoms with Crippen molar-refractivity contribution in [2.24, 2.45) is 0 Å². The number of imidazole rings is 1. The number of nitrogens with zero attached hydrogens (tertiary/aromatic N) is 4. The number of nitrogens with one attached hydrogen (secondary N) is 1. The number of nitro groups is 1. The maximum atomic E-state index is 11.9. The highest BCUT2D eigenvalue weighted by Crippen LogP contribution is 2.28. The average Bonchev–Trinajstić information content (AvgIpc) is 3.25. The van der Waals surface area contributed by atoms with Crippen LogP contribution < -0.4 is 5.32 Å². The highest BCUT2D eigenvalue weighted by atomic mass is 32.1. The lowest BCUT2D eigenvalue weighted by Crippen LogP contribution is -2.13. The highest BCUT2D eigenvalue weighted by Gasteiger charge is 2.12. The number of carbonyl (C=O) groups is 1. The van der Waals surface area contributed by atoms with E-state index in [1.165, 1.54) is 28.4 Å². The molecule has 0 aliphatic heterocycles. The Kier molecular flexibility index (Phi) is 4.44. The molecular formula is C13H11N5O3S2. The Balaban J connectivity index is 1.54. The summed E-state index contributed by atoms with van der Waals surface area (Å²) < 4.78 is 1.51. The van der Waals surface area contributed by atoms with Crippen LogP contribution in [0.4, 0.5) is 10.9 Å².